The van der Waals surface area contributed by atoms with Crippen LogP contribution in [0.25, 0.3) is 11.1 Å². The van der Waals surface area contributed by atoms with Crippen LogP contribution in [0.1, 0.15) is 24.2 Å². The van der Waals surface area contributed by atoms with E-state index in [1.165, 1.54) is 6.07 Å². The van der Waals surface area contributed by atoms with Gasteiger partial charge in [-0.15, -0.1) is 0 Å². The first kappa shape index (κ1) is 18.0. The van der Waals surface area contributed by atoms with E-state index in [0.717, 1.165) is 5.56 Å². The van der Waals surface area contributed by atoms with E-state index in [1.54, 1.807) is 42.5 Å². The van der Waals surface area contributed by atoms with Crippen LogP contribution in [-0.2, 0) is 0 Å². The number of rotatable bonds is 8. The van der Waals surface area contributed by atoms with Crippen LogP contribution in [-0.4, -0.2) is 36.4 Å². The maximum absolute atomic E-state index is 11.2. The minimum Gasteiger partial charge on any atom is -0.545 e. The molecule has 0 heterocycles. The lowest BCUT2D eigenvalue weighted by Gasteiger charge is -2.15. The molecule has 128 valence electrons. The molecule has 0 amide bonds. The molecule has 0 bridgehead atoms. The molecule has 0 spiro atoms. The van der Waals surface area contributed by atoms with Gasteiger partial charge in [0.2, 0.25) is 0 Å². The molecule has 0 aliphatic carbocycles. The Labute approximate surface area is 141 Å². The fraction of sp³-hybridized carbons (Fsp3) is 0.316. The van der Waals surface area contributed by atoms with E-state index in [9.17, 15) is 15.0 Å². The summed E-state index contributed by atoms with van der Waals surface area (Å²) in [6, 6.07) is 14.1. The molecule has 1 atom stereocenters. The van der Waals surface area contributed by atoms with Gasteiger partial charge in [-0.2, -0.15) is 0 Å². The predicted octanol–water partition coefficient (Wildman–Crippen LogP) is 1.45. The Balaban J connectivity index is 2.00. The third-order valence-corrected chi connectivity index (χ3v) is 3.52. The Morgan fingerprint density at radius 2 is 1.83 bits per heavy atom. The highest BCUT2D eigenvalue weighted by atomic mass is 16.5. The van der Waals surface area contributed by atoms with Crippen LogP contribution in [0.4, 0.5) is 0 Å². The van der Waals surface area contributed by atoms with E-state index < -0.39 is 12.1 Å². The van der Waals surface area contributed by atoms with Crippen molar-refractivity contribution in [2.75, 3.05) is 13.2 Å². The number of benzene rings is 2. The third kappa shape index (κ3) is 5.08. The van der Waals surface area contributed by atoms with E-state index >= 15 is 0 Å². The lowest BCUT2D eigenvalue weighted by atomic mass is 10.00. The fourth-order valence-corrected chi connectivity index (χ4v) is 2.27. The molecule has 0 aliphatic heterocycles. The zero-order valence-electron chi connectivity index (χ0n) is 13.9. The van der Waals surface area contributed by atoms with Crippen molar-refractivity contribution >= 4 is 5.97 Å². The minimum absolute atomic E-state index is 0.154. The van der Waals surface area contributed by atoms with Crippen LogP contribution in [0.2, 0.25) is 0 Å². The molecule has 2 aromatic rings. The van der Waals surface area contributed by atoms with E-state index in [1.807, 2.05) is 13.8 Å². The van der Waals surface area contributed by atoms with Crippen LogP contribution in [0.15, 0.2) is 48.5 Å². The van der Waals surface area contributed by atoms with Gasteiger partial charge in [-0.25, -0.2) is 0 Å². The summed E-state index contributed by atoms with van der Waals surface area (Å²) in [6.07, 6.45) is -0.592. The van der Waals surface area contributed by atoms with E-state index in [-0.39, 0.29) is 12.2 Å². The molecule has 0 saturated heterocycles. The molecular formula is C19H22NO4-. The number of aliphatic hydroxyl groups excluding tert-OH is 1. The number of carbonyl (C=O) groups excluding carboxylic acids is 1. The molecule has 0 aliphatic rings. The second-order valence-corrected chi connectivity index (χ2v) is 5.89. The number of carbonyl (C=O) groups is 1. The van der Waals surface area contributed by atoms with Crippen molar-refractivity contribution in [3.63, 3.8) is 0 Å². The largest absolute Gasteiger partial charge is 0.545 e. The van der Waals surface area contributed by atoms with Crippen LogP contribution >= 0.6 is 0 Å². The standard InChI is InChI=1S/C19H23NO4/c1-13(2)20-11-15(21)12-24-16-9-7-14(8-10-16)17-5-3-4-6-18(17)19(22)23/h3-10,13,15,20-21H,11-12H2,1-2H3,(H,22,23)/p-1. The Hall–Kier alpha value is -2.37. The fourth-order valence-electron chi connectivity index (χ4n) is 2.27. The lowest BCUT2D eigenvalue weighted by molar-refractivity contribution is -0.254. The van der Waals surface area contributed by atoms with E-state index in [4.69, 9.17) is 4.74 Å². The van der Waals surface area contributed by atoms with Gasteiger partial charge in [0.05, 0.1) is 5.97 Å². The number of hydrogen-bond donors (Lipinski definition) is 2. The van der Waals surface area contributed by atoms with Crippen molar-refractivity contribution in [1.29, 1.82) is 0 Å². The highest BCUT2D eigenvalue weighted by Crippen LogP contribution is 2.25. The number of hydrogen-bond acceptors (Lipinski definition) is 5. The molecule has 24 heavy (non-hydrogen) atoms. The zero-order chi connectivity index (χ0) is 17.5. The van der Waals surface area contributed by atoms with Crippen molar-refractivity contribution in [2.45, 2.75) is 26.0 Å². The Kier molecular flexibility index (Phi) is 6.35. The van der Waals surface area contributed by atoms with Gasteiger partial charge in [0, 0.05) is 18.2 Å². The first-order valence-electron chi connectivity index (χ1n) is 7.92. The topological polar surface area (TPSA) is 81.6 Å². The Morgan fingerprint density at radius 1 is 1.17 bits per heavy atom. The predicted molar refractivity (Wildman–Crippen MR) is 90.8 cm³/mol. The molecule has 0 fully saturated rings. The van der Waals surface area contributed by atoms with Gasteiger partial charge in [-0.3, -0.25) is 0 Å². The van der Waals surface area contributed by atoms with Gasteiger partial charge in [-0.05, 0) is 23.3 Å². The number of carboxylic acid groups (broad SMARTS) is 1. The molecule has 2 aromatic carbocycles. The van der Waals surface area contributed by atoms with Gasteiger partial charge in [0.15, 0.2) is 0 Å². The van der Waals surface area contributed by atoms with Gasteiger partial charge in [-0.1, -0.05) is 50.2 Å². The van der Waals surface area contributed by atoms with Crippen LogP contribution in [0.5, 0.6) is 5.75 Å². The second kappa shape index (κ2) is 8.47. The molecule has 0 radical (unpaired) electrons. The van der Waals surface area contributed by atoms with Crippen LogP contribution in [0, 0.1) is 0 Å². The highest BCUT2D eigenvalue weighted by molar-refractivity contribution is 5.94. The maximum atomic E-state index is 11.2. The third-order valence-electron chi connectivity index (χ3n) is 3.52. The smallest absolute Gasteiger partial charge is 0.119 e. The van der Waals surface area contributed by atoms with Crippen molar-refractivity contribution in [1.82, 2.24) is 5.32 Å². The lowest BCUT2D eigenvalue weighted by Crippen LogP contribution is -2.35. The number of carboxylic acids is 1. The molecule has 2 rings (SSSR count). The van der Waals surface area contributed by atoms with Gasteiger partial charge >= 0.3 is 0 Å². The zero-order valence-corrected chi connectivity index (χ0v) is 13.9. The summed E-state index contributed by atoms with van der Waals surface area (Å²) in [6.45, 7) is 4.68. The molecule has 0 aromatic heterocycles. The monoisotopic (exact) mass is 328 g/mol. The molecule has 2 N–H and O–H groups in total. The molecular weight excluding hydrogens is 306 g/mol. The van der Waals surface area contributed by atoms with Gasteiger partial charge in [0.25, 0.3) is 0 Å². The molecule has 5 nitrogen and oxygen atoms in total. The van der Waals surface area contributed by atoms with E-state index in [0.29, 0.717) is 23.9 Å². The maximum Gasteiger partial charge on any atom is 0.119 e. The van der Waals surface area contributed by atoms with Crippen molar-refractivity contribution in [3.05, 3.63) is 54.1 Å². The summed E-state index contributed by atoms with van der Waals surface area (Å²) < 4.78 is 5.55. The Morgan fingerprint density at radius 3 is 2.46 bits per heavy atom. The Bertz CT molecular complexity index is 667. The van der Waals surface area contributed by atoms with Crippen LogP contribution in [0.3, 0.4) is 0 Å². The first-order valence-corrected chi connectivity index (χ1v) is 7.92. The van der Waals surface area contributed by atoms with Crippen LogP contribution < -0.4 is 15.2 Å². The SMILES string of the molecule is CC(C)NCC(O)COc1ccc(-c2ccccc2C(=O)[O-])cc1. The summed E-state index contributed by atoms with van der Waals surface area (Å²) >= 11 is 0. The van der Waals surface area contributed by atoms with Crippen molar-refractivity contribution in [2.24, 2.45) is 0 Å². The second-order valence-electron chi connectivity index (χ2n) is 5.89. The van der Waals surface area contributed by atoms with Gasteiger partial charge in [0.1, 0.15) is 18.5 Å². The van der Waals surface area contributed by atoms with Crippen molar-refractivity contribution < 1.29 is 19.7 Å². The number of ether oxygens (including phenoxy) is 1. The average molecular weight is 328 g/mol. The first-order chi connectivity index (χ1) is 11.5. The van der Waals surface area contributed by atoms with Gasteiger partial charge < -0.3 is 25.1 Å². The minimum atomic E-state index is -1.20. The number of aliphatic hydroxyl groups is 1. The summed E-state index contributed by atoms with van der Waals surface area (Å²) in [5.74, 6) is -0.583. The molecule has 1 unspecified atom stereocenters. The average Bonchev–Trinajstić information content (AvgIpc) is 2.58. The molecule has 5 heteroatoms. The molecule has 0 saturated carbocycles. The number of nitrogens with one attached hydrogen (secondary N) is 1. The summed E-state index contributed by atoms with van der Waals surface area (Å²) in [4.78, 5) is 11.2. The van der Waals surface area contributed by atoms with Crippen molar-refractivity contribution in [3.8, 4) is 16.9 Å². The number of aromatic carboxylic acids is 1. The summed E-state index contributed by atoms with van der Waals surface area (Å²) in [7, 11) is 0. The summed E-state index contributed by atoms with van der Waals surface area (Å²) in [5.41, 5.74) is 1.52. The normalized spacial score (nSPS) is 12.2. The van der Waals surface area contributed by atoms with E-state index in [2.05, 4.69) is 5.32 Å². The quantitative estimate of drug-likeness (QED) is 0.766. The highest BCUT2D eigenvalue weighted by Gasteiger charge is 2.08. The summed E-state index contributed by atoms with van der Waals surface area (Å²) in [5, 5.41) is 24.1.